The summed E-state index contributed by atoms with van der Waals surface area (Å²) in [4.78, 5) is 12.9. The molecule has 1 saturated carbocycles. The predicted octanol–water partition coefficient (Wildman–Crippen LogP) is 5.82. The van der Waals surface area contributed by atoms with Gasteiger partial charge in [-0.25, -0.2) is 9.36 Å². The lowest BCUT2D eigenvalue weighted by molar-refractivity contribution is -0.168. The van der Waals surface area contributed by atoms with Crippen LogP contribution >= 0.6 is 7.75 Å². The number of carbonyl (C=O) groups excluding carboxylic acids is 1. The van der Waals surface area contributed by atoms with Gasteiger partial charge in [0.1, 0.15) is 6.11 Å². The highest BCUT2D eigenvalue weighted by molar-refractivity contribution is 7.51. The second kappa shape index (κ2) is 16.5. The Morgan fingerprint density at radius 1 is 1.11 bits per heavy atom. The lowest BCUT2D eigenvalue weighted by Crippen LogP contribution is -2.44. The van der Waals surface area contributed by atoms with E-state index in [2.05, 4.69) is 12.0 Å². The number of carbonyl (C=O) groups is 1. The molecule has 0 radical (unpaired) electrons. The third kappa shape index (κ3) is 9.07. The molecule has 0 heterocycles. The Bertz CT molecular complexity index is 897. The van der Waals surface area contributed by atoms with Gasteiger partial charge >= 0.3 is 13.7 Å². The zero-order valence-electron chi connectivity index (χ0n) is 21.6. The maximum atomic E-state index is 12.9. The quantitative estimate of drug-likeness (QED) is 0.196. The van der Waals surface area contributed by atoms with Crippen LogP contribution in [0.25, 0.3) is 0 Å². The molecule has 1 unspecified atom stereocenters. The van der Waals surface area contributed by atoms with Crippen molar-refractivity contribution < 1.29 is 28.3 Å². The lowest BCUT2D eigenvalue weighted by atomic mass is 9.73. The fourth-order valence-electron chi connectivity index (χ4n) is 3.92. The van der Waals surface area contributed by atoms with Gasteiger partial charge in [-0.1, -0.05) is 80.8 Å². The molecule has 0 aliphatic heterocycles. The van der Waals surface area contributed by atoms with Crippen LogP contribution in [-0.4, -0.2) is 43.1 Å². The van der Waals surface area contributed by atoms with Gasteiger partial charge in [0.2, 0.25) is 0 Å². The van der Waals surface area contributed by atoms with Crippen LogP contribution in [0.2, 0.25) is 0 Å². The molecule has 7 nitrogen and oxygen atoms in total. The first kappa shape index (κ1) is 30.8. The minimum Gasteiger partial charge on any atom is -0.374 e. The van der Waals surface area contributed by atoms with Gasteiger partial charge in [0, 0.05) is 26.7 Å². The van der Waals surface area contributed by atoms with Crippen molar-refractivity contribution in [3.05, 3.63) is 60.2 Å². The molecule has 0 amide bonds. The van der Waals surface area contributed by atoms with E-state index in [9.17, 15) is 14.5 Å². The Hall–Kier alpha value is -2.20. The number of esters is 1. The molecular formula is C27H40NO6P. The predicted molar refractivity (Wildman–Crippen MR) is 139 cm³/mol. The first-order valence-corrected chi connectivity index (χ1v) is 13.5. The van der Waals surface area contributed by atoms with Crippen LogP contribution in [-0.2, 0) is 28.7 Å². The molecule has 1 atom stereocenters. The van der Waals surface area contributed by atoms with Crippen LogP contribution in [0.15, 0.2) is 54.6 Å². The summed E-state index contributed by atoms with van der Waals surface area (Å²) in [5, 5.41) is 11.4. The van der Waals surface area contributed by atoms with Crippen LogP contribution in [0, 0.1) is 17.9 Å². The summed E-state index contributed by atoms with van der Waals surface area (Å²) >= 11 is 0. The Kier molecular flexibility index (Phi) is 14.5. The van der Waals surface area contributed by atoms with Gasteiger partial charge in [-0.05, 0) is 38.2 Å². The molecule has 1 aromatic rings. The van der Waals surface area contributed by atoms with E-state index >= 15 is 0 Å². The molecule has 1 aliphatic carbocycles. The molecule has 1 aromatic carbocycles. The van der Waals surface area contributed by atoms with Gasteiger partial charge in [-0.3, -0.25) is 9.05 Å². The highest BCUT2D eigenvalue weighted by Gasteiger charge is 2.47. The average Bonchev–Trinajstić information content (AvgIpc) is 2.92. The van der Waals surface area contributed by atoms with Crippen molar-refractivity contribution in [1.82, 2.24) is 4.67 Å². The summed E-state index contributed by atoms with van der Waals surface area (Å²) < 4.78 is 28.9. The van der Waals surface area contributed by atoms with Gasteiger partial charge in [0.15, 0.2) is 5.60 Å². The van der Waals surface area contributed by atoms with Crippen molar-refractivity contribution >= 4 is 13.7 Å². The maximum Gasteiger partial charge on any atom is 0.408 e. The monoisotopic (exact) mass is 505 g/mol. The minimum absolute atomic E-state index is 0.0237. The zero-order valence-corrected chi connectivity index (χ0v) is 22.5. The molecule has 8 heteroatoms. The van der Waals surface area contributed by atoms with E-state index in [-0.39, 0.29) is 12.5 Å². The number of aliphatic hydroxyl groups is 1. The smallest absolute Gasteiger partial charge is 0.374 e. The summed E-state index contributed by atoms with van der Waals surface area (Å²) in [6.07, 6.45) is 14.9. The van der Waals surface area contributed by atoms with Crippen molar-refractivity contribution in [1.29, 1.82) is 0 Å². The van der Waals surface area contributed by atoms with Crippen molar-refractivity contribution in [3.8, 4) is 12.0 Å². The molecule has 1 fully saturated rings. The fourth-order valence-corrected chi connectivity index (χ4v) is 5.12. The summed E-state index contributed by atoms with van der Waals surface area (Å²) in [5.74, 6) is 1.65. The molecule has 0 saturated heterocycles. The summed E-state index contributed by atoms with van der Waals surface area (Å²) in [5.41, 5.74) is -1.23. The minimum atomic E-state index is -3.42. The van der Waals surface area contributed by atoms with E-state index in [1.165, 1.54) is 18.9 Å². The number of hydrogen-bond donors (Lipinski definition) is 1. The Morgan fingerprint density at radius 3 is 2.17 bits per heavy atom. The molecule has 35 heavy (non-hydrogen) atoms. The maximum absolute atomic E-state index is 12.9. The molecule has 1 aliphatic rings. The average molecular weight is 506 g/mol. The second-order valence-electron chi connectivity index (χ2n) is 8.00. The molecule has 0 aromatic heterocycles. The topological polar surface area (TPSA) is 85.3 Å². The van der Waals surface area contributed by atoms with E-state index in [0.29, 0.717) is 12.1 Å². The van der Waals surface area contributed by atoms with Crippen molar-refractivity contribution in [2.45, 2.75) is 58.5 Å². The number of hydrogen-bond acceptors (Lipinski definition) is 6. The van der Waals surface area contributed by atoms with Crippen molar-refractivity contribution in [2.75, 3.05) is 27.3 Å². The van der Waals surface area contributed by atoms with E-state index in [1.54, 1.807) is 31.2 Å². The molecule has 0 bridgehead atoms. The largest absolute Gasteiger partial charge is 0.408 e. The molecule has 2 rings (SSSR count). The second-order valence-corrected chi connectivity index (χ2v) is 10.2. The number of ether oxygens (including phenoxy) is 1. The highest BCUT2D eigenvalue weighted by Crippen LogP contribution is 2.49. The standard InChI is InChI=1S/C21H30NO6P.C6H10/c1-4-22(29(25,26-2)27-3)16-11-17-28-20(23)21(24,18-12-7-5-8-13-18)19-14-9-6-10-15-19;1-3-5-6-4-2/h5,7-8,12-13,19,24H,4,6,9-10,14-16H2,1-3H3;3-6H,1-2H3/b;5-3-,6-4-. The molecule has 0 spiro atoms. The van der Waals surface area contributed by atoms with Crippen LogP contribution in [0.5, 0.6) is 0 Å². The van der Waals surface area contributed by atoms with E-state index in [1.807, 2.05) is 44.2 Å². The third-order valence-electron chi connectivity index (χ3n) is 5.87. The lowest BCUT2D eigenvalue weighted by Gasteiger charge is -2.36. The Balaban J connectivity index is 0.000000905. The fraction of sp³-hybridized carbons (Fsp3) is 0.519. The normalized spacial score (nSPS) is 16.3. The first-order chi connectivity index (χ1) is 16.8. The summed E-state index contributed by atoms with van der Waals surface area (Å²) in [6, 6.07) is 8.87. The molecular weight excluding hydrogens is 465 g/mol. The van der Waals surface area contributed by atoms with Gasteiger partial charge in [0.25, 0.3) is 0 Å². The number of rotatable bonds is 9. The Labute approximate surface area is 210 Å². The van der Waals surface area contributed by atoms with Crippen LogP contribution in [0.3, 0.4) is 0 Å². The summed E-state index contributed by atoms with van der Waals surface area (Å²) in [6.45, 7) is 6.18. The molecule has 194 valence electrons. The van der Waals surface area contributed by atoms with Crippen molar-refractivity contribution in [2.24, 2.45) is 5.92 Å². The SMILES string of the molecule is C/C=C\C=C/C.CCN(CC#COC(=O)C(O)(c1ccccc1)C1CCCCC1)P(=O)(OC)OC. The van der Waals surface area contributed by atoms with Crippen molar-refractivity contribution in [3.63, 3.8) is 0 Å². The van der Waals surface area contributed by atoms with Gasteiger partial charge in [-0.2, -0.15) is 4.67 Å². The molecule has 1 N–H and O–H groups in total. The number of benzene rings is 1. The van der Waals surface area contributed by atoms with Crippen LogP contribution in [0.4, 0.5) is 0 Å². The number of nitrogens with zero attached hydrogens (tertiary/aromatic N) is 1. The highest BCUT2D eigenvalue weighted by atomic mass is 31.2. The first-order valence-electron chi connectivity index (χ1n) is 12.0. The van der Waals surface area contributed by atoms with Gasteiger partial charge in [-0.15, -0.1) is 0 Å². The summed E-state index contributed by atoms with van der Waals surface area (Å²) in [7, 11) is -0.824. The van der Waals surface area contributed by atoms with E-state index in [4.69, 9.17) is 13.8 Å². The number of allylic oxidation sites excluding steroid dienone is 4. The zero-order chi connectivity index (χ0) is 26.2. The van der Waals surface area contributed by atoms with E-state index < -0.39 is 19.3 Å². The Morgan fingerprint density at radius 2 is 1.69 bits per heavy atom. The van der Waals surface area contributed by atoms with Crippen LogP contribution in [0.1, 0.15) is 58.4 Å². The van der Waals surface area contributed by atoms with Gasteiger partial charge < -0.3 is 9.84 Å². The van der Waals surface area contributed by atoms with Crippen LogP contribution < -0.4 is 0 Å². The van der Waals surface area contributed by atoms with E-state index in [0.717, 1.165) is 32.1 Å². The third-order valence-corrected chi connectivity index (χ3v) is 7.91. The van der Waals surface area contributed by atoms with Gasteiger partial charge in [0.05, 0.1) is 6.54 Å².